The SMILES string of the molecule is COC1CCC2C(OC)CCC1N2S(=O)(=O)CC1(N(C)C)CC1. The maximum absolute atomic E-state index is 13.3. The highest BCUT2D eigenvalue weighted by Crippen LogP contribution is 2.44. The molecule has 3 rings (SSSR count). The molecule has 0 amide bonds. The van der Waals surface area contributed by atoms with Gasteiger partial charge in [0.25, 0.3) is 0 Å². The smallest absolute Gasteiger partial charge is 0.216 e. The first-order chi connectivity index (χ1) is 10.8. The fourth-order valence-electron chi connectivity index (χ4n) is 4.50. The van der Waals surface area contributed by atoms with Gasteiger partial charge >= 0.3 is 0 Å². The Bertz CT molecular complexity index is 512. The van der Waals surface area contributed by atoms with Gasteiger partial charge in [0.2, 0.25) is 10.0 Å². The molecule has 0 aromatic heterocycles. The Labute approximate surface area is 140 Å². The molecule has 2 saturated heterocycles. The monoisotopic (exact) mass is 346 g/mol. The Kier molecular flexibility index (Phi) is 4.79. The summed E-state index contributed by atoms with van der Waals surface area (Å²) in [5.74, 6) is 0.215. The number of sulfonamides is 1. The molecule has 0 radical (unpaired) electrons. The summed E-state index contributed by atoms with van der Waals surface area (Å²) in [4.78, 5) is 2.08. The van der Waals surface area contributed by atoms with Crippen molar-refractivity contribution >= 4 is 10.0 Å². The summed E-state index contributed by atoms with van der Waals surface area (Å²) in [5, 5.41) is 0. The van der Waals surface area contributed by atoms with Gasteiger partial charge in [0, 0.05) is 19.8 Å². The van der Waals surface area contributed by atoms with Gasteiger partial charge in [0.1, 0.15) is 0 Å². The standard InChI is InChI=1S/C16H30N2O4S/c1-17(2)16(9-10-16)11-23(19,20)18-12-6-8-15(22-4)13(18)5-7-14(12)21-3/h12-15H,5-11H2,1-4H3. The molecule has 4 unspecified atom stereocenters. The van der Waals surface area contributed by atoms with Crippen LogP contribution in [0.4, 0.5) is 0 Å². The molecule has 2 aliphatic heterocycles. The van der Waals surface area contributed by atoms with Crippen LogP contribution in [0, 0.1) is 0 Å². The van der Waals surface area contributed by atoms with Crippen LogP contribution >= 0.6 is 0 Å². The molecule has 6 nitrogen and oxygen atoms in total. The van der Waals surface area contributed by atoms with Crippen molar-refractivity contribution in [1.29, 1.82) is 0 Å². The molecule has 2 heterocycles. The lowest BCUT2D eigenvalue weighted by atomic mass is 9.83. The van der Waals surface area contributed by atoms with Crippen LogP contribution in [-0.4, -0.2) is 81.5 Å². The molecule has 0 spiro atoms. The summed E-state index contributed by atoms with van der Waals surface area (Å²) in [5.41, 5.74) is -0.171. The molecule has 2 bridgehead atoms. The Morgan fingerprint density at radius 2 is 1.48 bits per heavy atom. The van der Waals surface area contributed by atoms with Crippen LogP contribution in [-0.2, 0) is 19.5 Å². The lowest BCUT2D eigenvalue weighted by Crippen LogP contribution is -2.64. The predicted octanol–water partition coefficient (Wildman–Crippen LogP) is 1.07. The van der Waals surface area contributed by atoms with Crippen LogP contribution in [0.5, 0.6) is 0 Å². The Morgan fingerprint density at radius 1 is 1.00 bits per heavy atom. The average Bonchev–Trinajstić information content (AvgIpc) is 3.27. The van der Waals surface area contributed by atoms with Crippen LogP contribution in [0.2, 0.25) is 0 Å². The quantitative estimate of drug-likeness (QED) is 0.720. The van der Waals surface area contributed by atoms with E-state index < -0.39 is 10.0 Å². The van der Waals surface area contributed by atoms with Gasteiger partial charge in [-0.25, -0.2) is 8.42 Å². The maximum Gasteiger partial charge on any atom is 0.216 e. The van der Waals surface area contributed by atoms with Gasteiger partial charge in [-0.2, -0.15) is 4.31 Å². The van der Waals surface area contributed by atoms with Crippen LogP contribution in [0.25, 0.3) is 0 Å². The highest BCUT2D eigenvalue weighted by Gasteiger charge is 2.55. The number of ether oxygens (including phenoxy) is 2. The van der Waals surface area contributed by atoms with Crippen molar-refractivity contribution in [2.24, 2.45) is 0 Å². The lowest BCUT2D eigenvalue weighted by molar-refractivity contribution is -0.0825. The van der Waals surface area contributed by atoms with Crippen molar-refractivity contribution in [3.05, 3.63) is 0 Å². The highest BCUT2D eigenvalue weighted by molar-refractivity contribution is 7.89. The number of fused-ring (bicyclic) bond motifs is 2. The third-order valence-corrected chi connectivity index (χ3v) is 8.25. The number of hydrogen-bond acceptors (Lipinski definition) is 5. The first-order valence-corrected chi connectivity index (χ1v) is 10.2. The fourth-order valence-corrected chi connectivity index (χ4v) is 7.18. The number of rotatable bonds is 6. The van der Waals surface area contributed by atoms with E-state index in [-0.39, 0.29) is 35.6 Å². The first-order valence-electron chi connectivity index (χ1n) is 8.59. The molecule has 7 heteroatoms. The van der Waals surface area contributed by atoms with Crippen molar-refractivity contribution in [1.82, 2.24) is 9.21 Å². The van der Waals surface area contributed by atoms with Crippen molar-refractivity contribution in [2.45, 2.75) is 68.4 Å². The van der Waals surface area contributed by atoms with Gasteiger partial charge in [-0.1, -0.05) is 0 Å². The first kappa shape index (κ1) is 17.6. The number of piperidine rings is 2. The Morgan fingerprint density at radius 3 is 1.83 bits per heavy atom. The van der Waals surface area contributed by atoms with Crippen LogP contribution < -0.4 is 0 Å². The van der Waals surface area contributed by atoms with Crippen molar-refractivity contribution < 1.29 is 17.9 Å². The van der Waals surface area contributed by atoms with Gasteiger partial charge < -0.3 is 14.4 Å². The minimum Gasteiger partial charge on any atom is -0.380 e. The second-order valence-electron chi connectivity index (χ2n) is 7.54. The number of hydrogen-bond donors (Lipinski definition) is 0. The molecule has 134 valence electrons. The molecule has 23 heavy (non-hydrogen) atoms. The maximum atomic E-state index is 13.3. The topological polar surface area (TPSA) is 59.1 Å². The van der Waals surface area contributed by atoms with Gasteiger partial charge in [-0.3, -0.25) is 0 Å². The normalized spacial score (nSPS) is 37.1. The second kappa shape index (κ2) is 6.26. The minimum atomic E-state index is -3.34. The zero-order chi connectivity index (χ0) is 16.8. The predicted molar refractivity (Wildman–Crippen MR) is 88.9 cm³/mol. The minimum absolute atomic E-state index is 0.00772. The van der Waals surface area contributed by atoms with E-state index >= 15 is 0 Å². The number of nitrogens with zero attached hydrogens (tertiary/aromatic N) is 2. The van der Waals surface area contributed by atoms with E-state index in [1.807, 2.05) is 14.1 Å². The van der Waals surface area contributed by atoms with Gasteiger partial charge in [0.15, 0.2) is 0 Å². The fraction of sp³-hybridized carbons (Fsp3) is 1.00. The third-order valence-electron chi connectivity index (χ3n) is 6.16. The molecule has 0 N–H and O–H groups in total. The van der Waals surface area contributed by atoms with E-state index in [2.05, 4.69) is 4.90 Å². The van der Waals surface area contributed by atoms with E-state index in [1.165, 1.54) is 0 Å². The van der Waals surface area contributed by atoms with Crippen LogP contribution in [0.3, 0.4) is 0 Å². The summed E-state index contributed by atoms with van der Waals surface area (Å²) in [7, 11) is 4.02. The molecular formula is C16H30N2O4S. The van der Waals surface area contributed by atoms with E-state index in [4.69, 9.17) is 9.47 Å². The average molecular weight is 346 g/mol. The summed E-state index contributed by atoms with van der Waals surface area (Å²) >= 11 is 0. The Hall–Kier alpha value is -0.210. The molecular weight excluding hydrogens is 316 g/mol. The number of methoxy groups -OCH3 is 2. The van der Waals surface area contributed by atoms with Crippen LogP contribution in [0.15, 0.2) is 0 Å². The molecule has 4 atom stereocenters. The lowest BCUT2D eigenvalue weighted by Gasteiger charge is -2.51. The zero-order valence-electron chi connectivity index (χ0n) is 14.7. The van der Waals surface area contributed by atoms with Gasteiger partial charge in [0.05, 0.1) is 30.0 Å². The third kappa shape index (κ3) is 3.06. The highest BCUT2D eigenvalue weighted by atomic mass is 32.2. The van der Waals surface area contributed by atoms with E-state index in [9.17, 15) is 8.42 Å². The Balaban J connectivity index is 1.88. The molecule has 1 aliphatic carbocycles. The zero-order valence-corrected chi connectivity index (χ0v) is 15.5. The van der Waals surface area contributed by atoms with Crippen molar-refractivity contribution in [2.75, 3.05) is 34.1 Å². The molecule has 1 saturated carbocycles. The summed E-state index contributed by atoms with van der Waals surface area (Å²) in [6.45, 7) is 0. The van der Waals surface area contributed by atoms with Crippen LogP contribution in [0.1, 0.15) is 38.5 Å². The van der Waals surface area contributed by atoms with E-state index in [0.717, 1.165) is 38.5 Å². The summed E-state index contributed by atoms with van der Waals surface area (Å²) < 4.78 is 39.5. The van der Waals surface area contributed by atoms with Crippen molar-refractivity contribution in [3.8, 4) is 0 Å². The van der Waals surface area contributed by atoms with Gasteiger partial charge in [-0.05, 0) is 52.6 Å². The summed E-state index contributed by atoms with van der Waals surface area (Å²) in [6.07, 6.45) is 5.41. The van der Waals surface area contributed by atoms with E-state index in [1.54, 1.807) is 18.5 Å². The largest absolute Gasteiger partial charge is 0.380 e. The van der Waals surface area contributed by atoms with E-state index in [0.29, 0.717) is 0 Å². The molecule has 0 aromatic carbocycles. The second-order valence-corrected chi connectivity index (χ2v) is 9.42. The molecule has 3 aliphatic rings. The molecule has 3 fully saturated rings. The van der Waals surface area contributed by atoms with Crippen molar-refractivity contribution in [3.63, 3.8) is 0 Å². The molecule has 0 aromatic rings. The van der Waals surface area contributed by atoms with Gasteiger partial charge in [-0.15, -0.1) is 0 Å². The summed E-state index contributed by atoms with van der Waals surface area (Å²) in [6, 6.07) is -0.0683.